The third-order valence-corrected chi connectivity index (χ3v) is 2.91. The van der Waals surface area contributed by atoms with Gasteiger partial charge in [-0.05, 0) is 24.6 Å². The largest absolute Gasteiger partial charge is 0.353 e. The van der Waals surface area contributed by atoms with E-state index in [1.807, 2.05) is 31.2 Å². The molecule has 0 bridgehead atoms. The number of halogens is 1. The van der Waals surface area contributed by atoms with Gasteiger partial charge in [-0.2, -0.15) is 0 Å². The maximum Gasteiger partial charge on any atom is 0.220 e. The molecule has 0 aromatic heterocycles. The van der Waals surface area contributed by atoms with Crippen molar-refractivity contribution in [2.75, 3.05) is 0 Å². The summed E-state index contributed by atoms with van der Waals surface area (Å²) < 4.78 is 0. The quantitative estimate of drug-likeness (QED) is 0.756. The molecule has 2 rings (SSSR count). The number of hydrogen-bond acceptors (Lipinski definition) is 1. The topological polar surface area (TPSA) is 29.1 Å². The van der Waals surface area contributed by atoms with Crippen LogP contribution in [0.4, 0.5) is 0 Å². The molecule has 3 heteroatoms. The van der Waals surface area contributed by atoms with Crippen molar-refractivity contribution in [2.24, 2.45) is 0 Å². The van der Waals surface area contributed by atoms with Gasteiger partial charge in [0.1, 0.15) is 0 Å². The highest BCUT2D eigenvalue weighted by Crippen LogP contribution is 2.29. The van der Waals surface area contributed by atoms with Crippen LogP contribution in [-0.2, 0) is 4.79 Å². The maximum absolute atomic E-state index is 11.2. The van der Waals surface area contributed by atoms with E-state index < -0.39 is 0 Å². The minimum absolute atomic E-state index is 0.127. The number of amides is 1. The molecule has 1 fully saturated rings. The van der Waals surface area contributed by atoms with Crippen LogP contribution in [0, 0.1) is 0 Å². The fraction of sp³-hybridized carbons (Fsp3) is 0.364. The zero-order chi connectivity index (χ0) is 10.1. The third kappa shape index (κ3) is 1.75. The van der Waals surface area contributed by atoms with Crippen LogP contribution < -0.4 is 5.32 Å². The summed E-state index contributed by atoms with van der Waals surface area (Å²) in [4.78, 5) is 11.2. The second-order valence-corrected chi connectivity index (χ2v) is 4.16. The van der Waals surface area contributed by atoms with Gasteiger partial charge in [0.15, 0.2) is 0 Å². The Morgan fingerprint density at radius 1 is 1.50 bits per heavy atom. The summed E-state index contributed by atoms with van der Waals surface area (Å²) in [5.41, 5.74) is 1.14. The Morgan fingerprint density at radius 2 is 2.29 bits per heavy atom. The van der Waals surface area contributed by atoms with Crippen molar-refractivity contribution in [1.82, 2.24) is 5.32 Å². The Labute approximate surface area is 88.3 Å². The molecule has 1 saturated heterocycles. The summed E-state index contributed by atoms with van der Waals surface area (Å²) in [5.74, 6) is 0.392. The Kier molecular flexibility index (Phi) is 2.46. The second-order valence-electron chi connectivity index (χ2n) is 3.72. The summed E-state index contributed by atoms with van der Waals surface area (Å²) in [6.07, 6.45) is 0.571. The van der Waals surface area contributed by atoms with E-state index in [9.17, 15) is 4.79 Å². The lowest BCUT2D eigenvalue weighted by atomic mass is 9.93. The molecule has 1 amide bonds. The Bertz CT molecular complexity index is 364. The van der Waals surface area contributed by atoms with Gasteiger partial charge in [-0.25, -0.2) is 0 Å². The number of rotatable bonds is 1. The molecule has 1 aliphatic heterocycles. The van der Waals surface area contributed by atoms with Gasteiger partial charge in [-0.3, -0.25) is 4.79 Å². The predicted octanol–water partition coefficient (Wildman–Crippen LogP) is 2.33. The highest BCUT2D eigenvalue weighted by Gasteiger charge is 2.29. The number of benzene rings is 1. The molecule has 2 unspecified atom stereocenters. The normalized spacial score (nSPS) is 26.3. The molecule has 0 radical (unpaired) electrons. The molecule has 0 aliphatic carbocycles. The predicted molar refractivity (Wildman–Crippen MR) is 56.4 cm³/mol. The Hall–Kier alpha value is -1.02. The van der Waals surface area contributed by atoms with Gasteiger partial charge in [0, 0.05) is 23.4 Å². The highest BCUT2D eigenvalue weighted by atomic mass is 35.5. The molecule has 14 heavy (non-hydrogen) atoms. The maximum atomic E-state index is 11.2. The van der Waals surface area contributed by atoms with Crippen LogP contribution in [0.3, 0.4) is 0 Å². The number of carbonyl (C=O) groups is 1. The molecular formula is C11H12ClNO. The van der Waals surface area contributed by atoms with Crippen LogP contribution in [0.25, 0.3) is 0 Å². The van der Waals surface area contributed by atoms with Crippen LogP contribution in [0.2, 0.25) is 5.02 Å². The third-order valence-electron chi connectivity index (χ3n) is 2.67. The molecule has 74 valence electrons. The van der Waals surface area contributed by atoms with Crippen molar-refractivity contribution < 1.29 is 4.79 Å². The van der Waals surface area contributed by atoms with Crippen molar-refractivity contribution in [1.29, 1.82) is 0 Å². The van der Waals surface area contributed by atoms with Crippen LogP contribution in [0.5, 0.6) is 0 Å². The second kappa shape index (κ2) is 3.62. The van der Waals surface area contributed by atoms with Gasteiger partial charge in [0.05, 0.1) is 0 Å². The SMILES string of the molecule is CC1NC(=O)CC1c1cccc(Cl)c1. The van der Waals surface area contributed by atoms with Gasteiger partial charge in [0.25, 0.3) is 0 Å². The van der Waals surface area contributed by atoms with E-state index in [-0.39, 0.29) is 17.9 Å². The zero-order valence-corrected chi connectivity index (χ0v) is 8.71. The van der Waals surface area contributed by atoms with Gasteiger partial charge >= 0.3 is 0 Å². The van der Waals surface area contributed by atoms with Crippen molar-refractivity contribution in [3.63, 3.8) is 0 Å². The summed E-state index contributed by atoms with van der Waals surface area (Å²) in [6, 6.07) is 7.93. The lowest BCUT2D eigenvalue weighted by molar-refractivity contribution is -0.119. The van der Waals surface area contributed by atoms with Gasteiger partial charge in [-0.1, -0.05) is 23.7 Å². The van der Waals surface area contributed by atoms with E-state index in [0.717, 1.165) is 10.6 Å². The Morgan fingerprint density at radius 3 is 2.86 bits per heavy atom. The monoisotopic (exact) mass is 209 g/mol. The Balaban J connectivity index is 2.27. The minimum Gasteiger partial charge on any atom is -0.353 e. The van der Waals surface area contributed by atoms with Crippen molar-refractivity contribution in [2.45, 2.75) is 25.3 Å². The molecule has 1 aromatic carbocycles. The molecule has 1 heterocycles. The van der Waals surface area contributed by atoms with E-state index in [4.69, 9.17) is 11.6 Å². The summed E-state index contributed by atoms with van der Waals surface area (Å²) >= 11 is 5.90. The van der Waals surface area contributed by atoms with Crippen LogP contribution >= 0.6 is 11.6 Å². The first-order chi connectivity index (χ1) is 6.66. The van der Waals surface area contributed by atoms with Crippen LogP contribution in [0.1, 0.15) is 24.8 Å². The first-order valence-electron chi connectivity index (χ1n) is 4.71. The van der Waals surface area contributed by atoms with E-state index in [0.29, 0.717) is 6.42 Å². The van der Waals surface area contributed by atoms with Crippen LogP contribution in [0.15, 0.2) is 24.3 Å². The van der Waals surface area contributed by atoms with Crippen molar-refractivity contribution >= 4 is 17.5 Å². The number of carbonyl (C=O) groups excluding carboxylic acids is 1. The average Bonchev–Trinajstić information content (AvgIpc) is 2.45. The molecule has 0 saturated carbocycles. The van der Waals surface area contributed by atoms with Crippen molar-refractivity contribution in [3.05, 3.63) is 34.9 Å². The van der Waals surface area contributed by atoms with E-state index >= 15 is 0 Å². The van der Waals surface area contributed by atoms with Gasteiger partial charge in [-0.15, -0.1) is 0 Å². The average molecular weight is 210 g/mol. The molecule has 2 nitrogen and oxygen atoms in total. The van der Waals surface area contributed by atoms with E-state index in [2.05, 4.69) is 5.32 Å². The first-order valence-corrected chi connectivity index (χ1v) is 5.09. The smallest absolute Gasteiger partial charge is 0.220 e. The van der Waals surface area contributed by atoms with Gasteiger partial charge in [0.2, 0.25) is 5.91 Å². The molecular weight excluding hydrogens is 198 g/mol. The highest BCUT2D eigenvalue weighted by molar-refractivity contribution is 6.30. The lowest BCUT2D eigenvalue weighted by Crippen LogP contribution is -2.24. The molecule has 0 spiro atoms. The zero-order valence-electron chi connectivity index (χ0n) is 7.96. The molecule has 2 atom stereocenters. The summed E-state index contributed by atoms with van der Waals surface area (Å²) in [7, 11) is 0. The fourth-order valence-corrected chi connectivity index (χ4v) is 2.13. The van der Waals surface area contributed by atoms with Gasteiger partial charge < -0.3 is 5.32 Å². The summed E-state index contributed by atoms with van der Waals surface area (Å²) in [6.45, 7) is 2.02. The lowest BCUT2D eigenvalue weighted by Gasteiger charge is -2.14. The minimum atomic E-state index is 0.127. The fourth-order valence-electron chi connectivity index (χ4n) is 1.93. The van der Waals surface area contributed by atoms with Crippen molar-refractivity contribution in [3.8, 4) is 0 Å². The van der Waals surface area contributed by atoms with E-state index in [1.54, 1.807) is 0 Å². The van der Waals surface area contributed by atoms with E-state index in [1.165, 1.54) is 0 Å². The first kappa shape index (κ1) is 9.53. The van der Waals surface area contributed by atoms with Crippen LogP contribution in [-0.4, -0.2) is 11.9 Å². The number of nitrogens with one attached hydrogen (secondary N) is 1. The molecule has 1 aliphatic rings. The standard InChI is InChI=1S/C11H12ClNO/c1-7-10(6-11(14)13-7)8-3-2-4-9(12)5-8/h2-5,7,10H,6H2,1H3,(H,13,14). The summed E-state index contributed by atoms with van der Waals surface area (Å²) in [5, 5.41) is 3.63. The molecule has 1 N–H and O–H groups in total. The molecule has 1 aromatic rings. The number of hydrogen-bond donors (Lipinski definition) is 1.